The van der Waals surface area contributed by atoms with Crippen LogP contribution in [0.5, 0.6) is 0 Å². The summed E-state index contributed by atoms with van der Waals surface area (Å²) in [6, 6.07) is 14.2. The van der Waals surface area contributed by atoms with Gasteiger partial charge in [-0.1, -0.05) is 44.2 Å². The SMILES string of the molecule is CC(C)c1ccc(CCC(=O)N2CC3CC(C2)c2cccc(=O)n2C3)cc1. The van der Waals surface area contributed by atoms with Crippen LogP contribution in [0.4, 0.5) is 0 Å². The Morgan fingerprint density at radius 3 is 2.59 bits per heavy atom. The van der Waals surface area contributed by atoms with E-state index in [2.05, 4.69) is 38.1 Å². The lowest BCUT2D eigenvalue weighted by Gasteiger charge is -2.42. The van der Waals surface area contributed by atoms with Gasteiger partial charge in [-0.3, -0.25) is 9.59 Å². The van der Waals surface area contributed by atoms with Crippen LogP contribution in [0, 0.1) is 5.92 Å². The normalized spacial score (nSPS) is 21.2. The lowest BCUT2D eigenvalue weighted by molar-refractivity contribution is -0.133. The minimum atomic E-state index is 0.0896. The quantitative estimate of drug-likeness (QED) is 0.833. The zero-order valence-electron chi connectivity index (χ0n) is 16.2. The number of aryl methyl sites for hydroxylation is 1. The molecule has 0 saturated carbocycles. The first-order chi connectivity index (χ1) is 13.0. The Kier molecular flexibility index (Phi) is 4.90. The monoisotopic (exact) mass is 364 g/mol. The molecule has 0 aliphatic carbocycles. The van der Waals surface area contributed by atoms with E-state index < -0.39 is 0 Å². The molecule has 1 aromatic heterocycles. The molecular formula is C23H28N2O2. The maximum Gasteiger partial charge on any atom is 0.250 e. The number of fused-ring (bicyclic) bond motifs is 4. The van der Waals surface area contributed by atoms with E-state index in [0.29, 0.717) is 24.2 Å². The molecule has 0 N–H and O–H groups in total. The van der Waals surface area contributed by atoms with Crippen LogP contribution < -0.4 is 5.56 Å². The Hall–Kier alpha value is -2.36. The summed E-state index contributed by atoms with van der Waals surface area (Å²) in [5.41, 5.74) is 3.75. The number of pyridine rings is 1. The molecule has 1 amide bonds. The van der Waals surface area contributed by atoms with Gasteiger partial charge in [0.15, 0.2) is 0 Å². The number of piperidine rings is 1. The van der Waals surface area contributed by atoms with Crippen LogP contribution in [-0.4, -0.2) is 28.5 Å². The van der Waals surface area contributed by atoms with Gasteiger partial charge in [0.1, 0.15) is 0 Å². The number of hydrogen-bond acceptors (Lipinski definition) is 2. The second-order valence-electron chi connectivity index (χ2n) is 8.39. The second kappa shape index (κ2) is 7.34. The van der Waals surface area contributed by atoms with E-state index in [0.717, 1.165) is 38.2 Å². The summed E-state index contributed by atoms with van der Waals surface area (Å²) in [5.74, 6) is 1.46. The van der Waals surface area contributed by atoms with Gasteiger partial charge in [-0.25, -0.2) is 0 Å². The first-order valence-corrected chi connectivity index (χ1v) is 10.1. The molecule has 2 bridgehead atoms. The van der Waals surface area contributed by atoms with Crippen LogP contribution in [0.15, 0.2) is 47.3 Å². The number of nitrogens with zero attached hydrogens (tertiary/aromatic N) is 2. The molecule has 2 aromatic rings. The maximum absolute atomic E-state index is 12.8. The highest BCUT2D eigenvalue weighted by molar-refractivity contribution is 5.76. The zero-order valence-corrected chi connectivity index (χ0v) is 16.2. The van der Waals surface area contributed by atoms with Gasteiger partial charge in [-0.2, -0.15) is 0 Å². The molecule has 2 aliphatic heterocycles. The number of likely N-dealkylation sites (tertiary alicyclic amines) is 1. The summed E-state index contributed by atoms with van der Waals surface area (Å²) in [7, 11) is 0. The van der Waals surface area contributed by atoms with E-state index in [1.165, 1.54) is 11.1 Å². The predicted molar refractivity (Wildman–Crippen MR) is 107 cm³/mol. The number of aromatic nitrogens is 1. The number of carbonyl (C=O) groups excluding carboxylic acids is 1. The first kappa shape index (κ1) is 18.0. The van der Waals surface area contributed by atoms with Crippen LogP contribution in [0.3, 0.4) is 0 Å². The minimum Gasteiger partial charge on any atom is -0.342 e. The van der Waals surface area contributed by atoms with Gasteiger partial charge in [0.25, 0.3) is 5.56 Å². The van der Waals surface area contributed by atoms with Crippen molar-refractivity contribution in [3.05, 3.63) is 69.6 Å². The molecule has 142 valence electrons. The average Bonchev–Trinajstić information content (AvgIpc) is 2.67. The number of carbonyl (C=O) groups is 1. The van der Waals surface area contributed by atoms with Crippen molar-refractivity contribution in [2.45, 2.75) is 51.5 Å². The highest BCUT2D eigenvalue weighted by atomic mass is 16.2. The molecule has 4 heteroatoms. The molecule has 2 aliphatic rings. The third-order valence-electron chi connectivity index (χ3n) is 6.11. The zero-order chi connectivity index (χ0) is 19.0. The predicted octanol–water partition coefficient (Wildman–Crippen LogP) is 3.55. The summed E-state index contributed by atoms with van der Waals surface area (Å²) >= 11 is 0. The average molecular weight is 364 g/mol. The first-order valence-electron chi connectivity index (χ1n) is 10.1. The smallest absolute Gasteiger partial charge is 0.250 e. The topological polar surface area (TPSA) is 42.3 Å². The Bertz CT molecular complexity index is 882. The van der Waals surface area contributed by atoms with E-state index in [4.69, 9.17) is 0 Å². The van der Waals surface area contributed by atoms with E-state index >= 15 is 0 Å². The molecule has 4 nitrogen and oxygen atoms in total. The van der Waals surface area contributed by atoms with Gasteiger partial charge >= 0.3 is 0 Å². The Balaban J connectivity index is 1.40. The van der Waals surface area contributed by atoms with Gasteiger partial charge in [0.05, 0.1) is 0 Å². The van der Waals surface area contributed by atoms with Gasteiger partial charge < -0.3 is 9.47 Å². The molecule has 0 spiro atoms. The number of amides is 1. The molecule has 1 aromatic carbocycles. The van der Waals surface area contributed by atoms with Crippen LogP contribution in [0.2, 0.25) is 0 Å². The number of rotatable bonds is 4. The van der Waals surface area contributed by atoms with Crippen molar-refractivity contribution in [1.82, 2.24) is 9.47 Å². The minimum absolute atomic E-state index is 0.0896. The molecule has 2 unspecified atom stereocenters. The van der Waals surface area contributed by atoms with E-state index in [1.807, 2.05) is 21.6 Å². The fourth-order valence-electron chi connectivity index (χ4n) is 4.58. The molecule has 4 rings (SSSR count). The van der Waals surface area contributed by atoms with Crippen LogP contribution in [0.1, 0.15) is 55.3 Å². The molecule has 3 heterocycles. The molecule has 1 saturated heterocycles. The lowest BCUT2D eigenvalue weighted by Crippen LogP contribution is -2.49. The summed E-state index contributed by atoms with van der Waals surface area (Å²) in [6.45, 7) is 6.65. The van der Waals surface area contributed by atoms with E-state index in [9.17, 15) is 9.59 Å². The van der Waals surface area contributed by atoms with Gasteiger partial charge in [-0.05, 0) is 41.9 Å². The third kappa shape index (κ3) is 3.71. The largest absolute Gasteiger partial charge is 0.342 e. The van der Waals surface area contributed by atoms with Gasteiger partial charge in [-0.15, -0.1) is 0 Å². The molecule has 2 atom stereocenters. The summed E-state index contributed by atoms with van der Waals surface area (Å²) in [4.78, 5) is 27.0. The molecule has 0 radical (unpaired) electrons. The van der Waals surface area contributed by atoms with Crippen molar-refractivity contribution >= 4 is 5.91 Å². The summed E-state index contributed by atoms with van der Waals surface area (Å²) < 4.78 is 1.91. The number of hydrogen-bond donors (Lipinski definition) is 0. The fourth-order valence-corrected chi connectivity index (χ4v) is 4.58. The van der Waals surface area contributed by atoms with Gasteiger partial charge in [0, 0.05) is 43.7 Å². The molecular weight excluding hydrogens is 336 g/mol. The van der Waals surface area contributed by atoms with Crippen molar-refractivity contribution in [2.75, 3.05) is 13.1 Å². The number of benzene rings is 1. The standard InChI is InChI=1S/C23H28N2O2/c1-16(2)19-9-6-17(7-10-19)8-11-22(26)24-13-18-12-20(15-24)21-4-3-5-23(27)25(21)14-18/h3-7,9-10,16,18,20H,8,11-15H2,1-2H3. The van der Waals surface area contributed by atoms with E-state index in [-0.39, 0.29) is 11.5 Å². The Labute approximate surface area is 160 Å². The van der Waals surface area contributed by atoms with Crippen molar-refractivity contribution in [3.8, 4) is 0 Å². The van der Waals surface area contributed by atoms with Gasteiger partial charge in [0.2, 0.25) is 5.91 Å². The Morgan fingerprint density at radius 1 is 1.07 bits per heavy atom. The fraction of sp³-hybridized carbons (Fsp3) is 0.478. The maximum atomic E-state index is 12.8. The Morgan fingerprint density at radius 2 is 1.85 bits per heavy atom. The van der Waals surface area contributed by atoms with Crippen molar-refractivity contribution < 1.29 is 4.79 Å². The molecule has 27 heavy (non-hydrogen) atoms. The van der Waals surface area contributed by atoms with Crippen LogP contribution in [0.25, 0.3) is 0 Å². The van der Waals surface area contributed by atoms with Crippen LogP contribution in [-0.2, 0) is 17.8 Å². The van der Waals surface area contributed by atoms with Crippen molar-refractivity contribution in [3.63, 3.8) is 0 Å². The van der Waals surface area contributed by atoms with Crippen molar-refractivity contribution in [1.29, 1.82) is 0 Å². The summed E-state index contributed by atoms with van der Waals surface area (Å²) in [5, 5.41) is 0. The van der Waals surface area contributed by atoms with Crippen molar-refractivity contribution in [2.24, 2.45) is 5.92 Å². The second-order valence-corrected chi connectivity index (χ2v) is 8.39. The highest BCUT2D eigenvalue weighted by Gasteiger charge is 2.35. The lowest BCUT2D eigenvalue weighted by atomic mass is 9.83. The highest BCUT2D eigenvalue weighted by Crippen LogP contribution is 2.35. The molecule has 1 fully saturated rings. The van der Waals surface area contributed by atoms with E-state index in [1.54, 1.807) is 6.07 Å². The third-order valence-corrected chi connectivity index (χ3v) is 6.11. The van der Waals surface area contributed by atoms with Crippen LogP contribution >= 0.6 is 0 Å². The summed E-state index contributed by atoms with van der Waals surface area (Å²) in [6.07, 6.45) is 2.44.